The Morgan fingerprint density at radius 2 is 1.92 bits per heavy atom. The largest absolute Gasteiger partial charge is 0.488 e. The smallest absolute Gasteiger partial charge is 0.257 e. The number of hydrogen-bond acceptors (Lipinski definition) is 4. The zero-order valence-electron chi connectivity index (χ0n) is 14.2. The second-order valence-electron chi connectivity index (χ2n) is 6.01. The van der Waals surface area contributed by atoms with Gasteiger partial charge in [0.05, 0.1) is 6.54 Å². The van der Waals surface area contributed by atoms with E-state index in [1.165, 1.54) is 0 Å². The maximum absolute atomic E-state index is 12.1. The van der Waals surface area contributed by atoms with E-state index in [1.807, 2.05) is 42.3 Å². The topological polar surface area (TPSA) is 79.9 Å². The lowest BCUT2D eigenvalue weighted by atomic mass is 10.2. The van der Waals surface area contributed by atoms with Crippen molar-refractivity contribution in [3.05, 3.63) is 65.7 Å². The number of ether oxygens (including phenoxy) is 1. The number of hydrazone groups is 1. The number of amides is 1. The van der Waals surface area contributed by atoms with Crippen LogP contribution in [0.3, 0.4) is 0 Å². The molecule has 0 saturated carbocycles. The van der Waals surface area contributed by atoms with Gasteiger partial charge in [0.15, 0.2) is 0 Å². The van der Waals surface area contributed by atoms with Gasteiger partial charge in [0.1, 0.15) is 11.9 Å². The Bertz CT molecular complexity index is 761. The second-order valence-corrected chi connectivity index (χ2v) is 6.01. The number of hydrogen-bond donors (Lipinski definition) is 2. The predicted octanol–water partition coefficient (Wildman–Crippen LogP) is 2.11. The fourth-order valence-corrected chi connectivity index (χ4v) is 2.72. The second kappa shape index (κ2) is 7.70. The average Bonchev–Trinajstić information content (AvgIpc) is 3.04. The van der Waals surface area contributed by atoms with E-state index >= 15 is 0 Å². The van der Waals surface area contributed by atoms with Gasteiger partial charge in [0.2, 0.25) is 5.96 Å². The summed E-state index contributed by atoms with van der Waals surface area (Å²) in [5, 5.41) is 8.70. The van der Waals surface area contributed by atoms with Gasteiger partial charge in [-0.1, -0.05) is 36.4 Å². The number of carbonyl (C=O) groups excluding carboxylic acids is 1. The molecule has 0 spiro atoms. The first-order valence-electron chi connectivity index (χ1n) is 8.29. The van der Waals surface area contributed by atoms with E-state index in [0.29, 0.717) is 12.1 Å². The normalized spacial score (nSPS) is 17.4. The van der Waals surface area contributed by atoms with Crippen LogP contribution in [-0.4, -0.2) is 36.1 Å². The summed E-state index contributed by atoms with van der Waals surface area (Å²) < 4.78 is 6.03. The van der Waals surface area contributed by atoms with Crippen molar-refractivity contribution in [1.29, 1.82) is 0 Å². The highest BCUT2D eigenvalue weighted by molar-refractivity contribution is 6.05. The molecule has 1 aliphatic heterocycles. The number of carbonyl (C=O) groups is 1. The van der Waals surface area contributed by atoms with Crippen molar-refractivity contribution in [3.63, 3.8) is 0 Å². The zero-order chi connectivity index (χ0) is 17.6. The third kappa shape index (κ3) is 4.50. The van der Waals surface area contributed by atoms with Crippen molar-refractivity contribution >= 4 is 11.9 Å². The summed E-state index contributed by atoms with van der Waals surface area (Å²) in [5.41, 5.74) is 7.50. The third-order valence-corrected chi connectivity index (χ3v) is 4.04. The molecule has 0 aliphatic carbocycles. The molecule has 1 aliphatic rings. The van der Waals surface area contributed by atoms with E-state index in [9.17, 15) is 4.79 Å². The van der Waals surface area contributed by atoms with Gasteiger partial charge in [0.25, 0.3) is 5.91 Å². The van der Waals surface area contributed by atoms with Crippen LogP contribution in [-0.2, 0) is 0 Å². The van der Waals surface area contributed by atoms with Gasteiger partial charge in [0, 0.05) is 18.5 Å². The molecule has 3 rings (SSSR count). The minimum atomic E-state index is -0.270. The maximum Gasteiger partial charge on any atom is 0.257 e. The van der Waals surface area contributed by atoms with Gasteiger partial charge < -0.3 is 10.5 Å². The molecule has 1 atom stereocenters. The van der Waals surface area contributed by atoms with Crippen LogP contribution in [0.5, 0.6) is 5.75 Å². The fraction of sp³-hybridized carbons (Fsp3) is 0.263. The van der Waals surface area contributed by atoms with Crippen molar-refractivity contribution < 1.29 is 9.53 Å². The van der Waals surface area contributed by atoms with E-state index in [0.717, 1.165) is 24.3 Å². The highest BCUT2D eigenvalue weighted by Gasteiger charge is 2.24. The average molecular weight is 338 g/mol. The molecule has 1 amide bonds. The first kappa shape index (κ1) is 16.8. The van der Waals surface area contributed by atoms with E-state index < -0.39 is 0 Å². The Kier molecular flexibility index (Phi) is 5.18. The molecule has 6 heteroatoms. The molecule has 1 heterocycles. The van der Waals surface area contributed by atoms with E-state index in [1.54, 1.807) is 24.3 Å². The molecular weight excluding hydrogens is 316 g/mol. The molecule has 1 fully saturated rings. The third-order valence-electron chi connectivity index (χ3n) is 4.04. The Morgan fingerprint density at radius 3 is 2.68 bits per heavy atom. The van der Waals surface area contributed by atoms with Crippen molar-refractivity contribution in [1.82, 2.24) is 10.3 Å². The zero-order valence-corrected chi connectivity index (χ0v) is 14.2. The Labute approximate surface area is 147 Å². The van der Waals surface area contributed by atoms with Crippen molar-refractivity contribution in [3.8, 4) is 5.75 Å². The number of nitrogens with zero attached hydrogens (tertiary/aromatic N) is 2. The summed E-state index contributed by atoms with van der Waals surface area (Å²) in [6, 6.07) is 16.9. The molecule has 2 aromatic carbocycles. The number of nitrogens with one attached hydrogen (secondary N) is 1. The van der Waals surface area contributed by atoms with Gasteiger partial charge in [-0.2, -0.15) is 0 Å². The van der Waals surface area contributed by atoms with Gasteiger partial charge in [-0.25, -0.2) is 0 Å². The quantitative estimate of drug-likeness (QED) is 0.661. The van der Waals surface area contributed by atoms with Crippen molar-refractivity contribution in [2.45, 2.75) is 19.4 Å². The summed E-state index contributed by atoms with van der Waals surface area (Å²) in [7, 11) is 0. The first-order chi connectivity index (χ1) is 12.1. The van der Waals surface area contributed by atoms with Crippen LogP contribution in [0.4, 0.5) is 0 Å². The molecule has 3 N–H and O–H groups in total. The summed E-state index contributed by atoms with van der Waals surface area (Å²) in [5.74, 6) is 0.711. The lowest BCUT2D eigenvalue weighted by molar-refractivity contribution is 0.0976. The summed E-state index contributed by atoms with van der Waals surface area (Å²) in [6.07, 6.45) is 0.917. The lowest BCUT2D eigenvalue weighted by Crippen LogP contribution is -2.38. The Morgan fingerprint density at radius 1 is 1.20 bits per heavy atom. The summed E-state index contributed by atoms with van der Waals surface area (Å²) >= 11 is 0. The van der Waals surface area contributed by atoms with Gasteiger partial charge in [-0.3, -0.25) is 15.1 Å². The van der Waals surface area contributed by atoms with Gasteiger partial charge in [-0.15, -0.1) is 5.10 Å². The summed E-state index contributed by atoms with van der Waals surface area (Å²) in [6.45, 7) is 3.39. The van der Waals surface area contributed by atoms with E-state index in [2.05, 4.69) is 10.4 Å². The molecule has 6 nitrogen and oxygen atoms in total. The number of aryl methyl sites for hydroxylation is 1. The van der Waals surface area contributed by atoms with Crippen LogP contribution in [0.1, 0.15) is 22.3 Å². The van der Waals surface area contributed by atoms with E-state index in [-0.39, 0.29) is 18.0 Å². The Hall–Kier alpha value is -3.02. The predicted molar refractivity (Wildman–Crippen MR) is 97.3 cm³/mol. The molecule has 0 bridgehead atoms. The highest BCUT2D eigenvalue weighted by Crippen LogP contribution is 2.21. The molecule has 130 valence electrons. The number of rotatable bonds is 4. The lowest BCUT2D eigenvalue weighted by Gasteiger charge is -2.16. The number of guanidine groups is 1. The number of nitrogens with two attached hydrogens (primary N) is 1. The minimum Gasteiger partial charge on any atom is -0.488 e. The molecular formula is C19H22N4O2. The maximum atomic E-state index is 12.1. The van der Waals surface area contributed by atoms with Crippen molar-refractivity contribution in [2.75, 3.05) is 13.1 Å². The first-order valence-corrected chi connectivity index (χ1v) is 8.29. The minimum absolute atomic E-state index is 0.0578. The van der Waals surface area contributed by atoms with Crippen LogP contribution in [0.15, 0.2) is 59.7 Å². The summed E-state index contributed by atoms with van der Waals surface area (Å²) in [4.78, 5) is 12.1. The van der Waals surface area contributed by atoms with Gasteiger partial charge >= 0.3 is 0 Å². The van der Waals surface area contributed by atoms with Crippen molar-refractivity contribution in [2.24, 2.45) is 10.8 Å². The highest BCUT2D eigenvalue weighted by atomic mass is 16.5. The van der Waals surface area contributed by atoms with Crippen LogP contribution in [0.2, 0.25) is 0 Å². The number of para-hydroxylation sites is 1. The SMILES string of the molecule is Cc1ccccc1OC1CCN(N=C(N)NC(=O)c2ccccc2)C1. The van der Waals surface area contributed by atoms with Crippen LogP contribution < -0.4 is 15.8 Å². The standard InChI is InChI=1S/C19H22N4O2/c1-14-7-5-6-10-17(14)25-16-11-12-23(13-16)22-19(20)21-18(24)15-8-3-2-4-9-15/h2-10,16H,11-13H2,1H3,(H3,20,21,22,24). The van der Waals surface area contributed by atoms with Crippen LogP contribution in [0.25, 0.3) is 0 Å². The number of benzene rings is 2. The molecule has 25 heavy (non-hydrogen) atoms. The van der Waals surface area contributed by atoms with Crippen LogP contribution in [0, 0.1) is 6.92 Å². The Balaban J connectivity index is 1.54. The molecule has 1 unspecified atom stereocenters. The molecule has 0 aromatic heterocycles. The van der Waals surface area contributed by atoms with Crippen LogP contribution >= 0.6 is 0 Å². The molecule has 1 saturated heterocycles. The van der Waals surface area contributed by atoms with E-state index in [4.69, 9.17) is 10.5 Å². The monoisotopic (exact) mass is 338 g/mol. The molecule has 0 radical (unpaired) electrons. The van der Waals surface area contributed by atoms with Gasteiger partial charge in [-0.05, 0) is 30.7 Å². The fourth-order valence-electron chi connectivity index (χ4n) is 2.72. The molecule has 2 aromatic rings.